The summed E-state index contributed by atoms with van der Waals surface area (Å²) in [6.07, 6.45) is 0. The van der Waals surface area contributed by atoms with Crippen molar-refractivity contribution in [2.75, 3.05) is 12.4 Å². The minimum Gasteiger partial charge on any atom is -0.490 e. The molecule has 5 nitrogen and oxygen atoms in total. The van der Waals surface area contributed by atoms with Crippen molar-refractivity contribution in [3.05, 3.63) is 63.2 Å². The third-order valence-corrected chi connectivity index (χ3v) is 3.30. The number of nitro benzene ring substituents is 1. The van der Waals surface area contributed by atoms with Gasteiger partial charge in [0.15, 0.2) is 5.75 Å². The molecule has 0 saturated heterocycles. The lowest BCUT2D eigenvalue weighted by Crippen LogP contribution is -2.02. The zero-order chi connectivity index (χ0) is 15.4. The van der Waals surface area contributed by atoms with Crippen molar-refractivity contribution in [2.45, 2.75) is 20.4 Å². The van der Waals surface area contributed by atoms with E-state index in [1.54, 1.807) is 6.07 Å². The first-order valence-corrected chi connectivity index (χ1v) is 6.63. The maximum Gasteiger partial charge on any atom is 0.311 e. The summed E-state index contributed by atoms with van der Waals surface area (Å²) in [5, 5.41) is 14.3. The maximum atomic E-state index is 11.0. The fourth-order valence-electron chi connectivity index (χ4n) is 2.20. The molecule has 0 radical (unpaired) electrons. The molecule has 0 bridgehead atoms. The van der Waals surface area contributed by atoms with Gasteiger partial charge in [-0.15, -0.1) is 0 Å². The van der Waals surface area contributed by atoms with Crippen LogP contribution in [-0.2, 0) is 6.54 Å². The molecule has 5 heteroatoms. The van der Waals surface area contributed by atoms with E-state index in [1.165, 1.54) is 18.7 Å². The lowest BCUT2D eigenvalue weighted by molar-refractivity contribution is -0.385. The Labute approximate surface area is 123 Å². The van der Waals surface area contributed by atoms with Gasteiger partial charge in [-0.25, -0.2) is 0 Å². The SMILES string of the molecule is COc1ccc(CNc2ccc(C)cc2C)cc1[N+](=O)[O-]. The van der Waals surface area contributed by atoms with Gasteiger partial charge in [-0.05, 0) is 37.1 Å². The molecule has 0 aliphatic rings. The number of hydrogen-bond acceptors (Lipinski definition) is 4. The Hall–Kier alpha value is -2.56. The molecule has 0 heterocycles. The van der Waals surface area contributed by atoms with Crippen LogP contribution in [-0.4, -0.2) is 12.0 Å². The number of nitrogens with zero attached hydrogens (tertiary/aromatic N) is 1. The summed E-state index contributed by atoms with van der Waals surface area (Å²) in [5.41, 5.74) is 4.20. The minimum atomic E-state index is -0.431. The number of methoxy groups -OCH3 is 1. The topological polar surface area (TPSA) is 64.4 Å². The second-order valence-electron chi connectivity index (χ2n) is 4.94. The molecule has 2 rings (SSSR count). The number of nitro groups is 1. The first-order chi connectivity index (χ1) is 10.0. The van der Waals surface area contributed by atoms with E-state index in [2.05, 4.69) is 11.4 Å². The Balaban J connectivity index is 2.16. The summed E-state index contributed by atoms with van der Waals surface area (Å²) in [4.78, 5) is 10.6. The number of anilines is 1. The third-order valence-electron chi connectivity index (χ3n) is 3.30. The van der Waals surface area contributed by atoms with E-state index in [4.69, 9.17) is 4.74 Å². The van der Waals surface area contributed by atoms with Crippen LogP contribution < -0.4 is 10.1 Å². The van der Waals surface area contributed by atoms with Crippen molar-refractivity contribution < 1.29 is 9.66 Å². The van der Waals surface area contributed by atoms with Gasteiger partial charge < -0.3 is 10.1 Å². The van der Waals surface area contributed by atoms with E-state index < -0.39 is 4.92 Å². The van der Waals surface area contributed by atoms with Gasteiger partial charge in [0.2, 0.25) is 0 Å². The van der Waals surface area contributed by atoms with E-state index in [-0.39, 0.29) is 11.4 Å². The number of aryl methyl sites for hydroxylation is 2. The van der Waals surface area contributed by atoms with E-state index in [0.717, 1.165) is 16.8 Å². The summed E-state index contributed by atoms with van der Waals surface area (Å²) in [6, 6.07) is 11.1. The molecule has 2 aromatic carbocycles. The lowest BCUT2D eigenvalue weighted by atomic mass is 10.1. The van der Waals surface area contributed by atoms with E-state index >= 15 is 0 Å². The summed E-state index contributed by atoms with van der Waals surface area (Å²) < 4.78 is 4.99. The van der Waals surface area contributed by atoms with Gasteiger partial charge in [0.05, 0.1) is 12.0 Å². The molecule has 0 amide bonds. The quantitative estimate of drug-likeness (QED) is 0.670. The third kappa shape index (κ3) is 3.51. The highest BCUT2D eigenvalue weighted by Gasteiger charge is 2.14. The van der Waals surface area contributed by atoms with Crippen LogP contribution in [0.5, 0.6) is 5.75 Å². The summed E-state index contributed by atoms with van der Waals surface area (Å²) in [5.74, 6) is 0.273. The number of hydrogen-bond donors (Lipinski definition) is 1. The van der Waals surface area contributed by atoms with Crippen LogP contribution in [0.15, 0.2) is 36.4 Å². The fraction of sp³-hybridized carbons (Fsp3) is 0.250. The van der Waals surface area contributed by atoms with Gasteiger partial charge in [0.25, 0.3) is 0 Å². The minimum absolute atomic E-state index is 0.0163. The van der Waals surface area contributed by atoms with Gasteiger partial charge in [0, 0.05) is 18.3 Å². The summed E-state index contributed by atoms with van der Waals surface area (Å²) in [6.45, 7) is 4.60. The molecule has 21 heavy (non-hydrogen) atoms. The number of nitrogens with one attached hydrogen (secondary N) is 1. The molecule has 0 aliphatic heterocycles. The molecule has 0 unspecified atom stereocenters. The Kier molecular flexibility index (Phi) is 4.42. The molecule has 0 fully saturated rings. The number of benzene rings is 2. The molecule has 0 aromatic heterocycles. The summed E-state index contributed by atoms with van der Waals surface area (Å²) in [7, 11) is 1.43. The molecular formula is C16H18N2O3. The van der Waals surface area contributed by atoms with Crippen molar-refractivity contribution in [3.63, 3.8) is 0 Å². The lowest BCUT2D eigenvalue weighted by Gasteiger charge is -2.11. The van der Waals surface area contributed by atoms with Crippen LogP contribution in [0, 0.1) is 24.0 Å². The van der Waals surface area contributed by atoms with Gasteiger partial charge in [-0.2, -0.15) is 0 Å². The van der Waals surface area contributed by atoms with Gasteiger partial charge in [-0.3, -0.25) is 10.1 Å². The zero-order valence-electron chi connectivity index (χ0n) is 12.3. The van der Waals surface area contributed by atoms with Crippen LogP contribution in [0.1, 0.15) is 16.7 Å². The molecule has 1 N–H and O–H groups in total. The van der Waals surface area contributed by atoms with Gasteiger partial charge in [-0.1, -0.05) is 23.8 Å². The molecular weight excluding hydrogens is 268 g/mol. The van der Waals surface area contributed by atoms with Crippen LogP contribution in [0.3, 0.4) is 0 Å². The second-order valence-corrected chi connectivity index (χ2v) is 4.94. The summed E-state index contributed by atoms with van der Waals surface area (Å²) >= 11 is 0. The highest BCUT2D eigenvalue weighted by atomic mass is 16.6. The van der Waals surface area contributed by atoms with Crippen LogP contribution in [0.25, 0.3) is 0 Å². The first-order valence-electron chi connectivity index (χ1n) is 6.63. The Bertz CT molecular complexity index is 669. The predicted molar refractivity (Wildman–Crippen MR) is 82.9 cm³/mol. The Morgan fingerprint density at radius 3 is 2.57 bits per heavy atom. The van der Waals surface area contributed by atoms with E-state index in [0.29, 0.717) is 6.54 Å². The second kappa shape index (κ2) is 6.26. The van der Waals surface area contributed by atoms with Crippen LogP contribution in [0.4, 0.5) is 11.4 Å². The molecule has 0 aliphatic carbocycles. The number of ether oxygens (including phenoxy) is 1. The van der Waals surface area contributed by atoms with Crippen molar-refractivity contribution in [2.24, 2.45) is 0 Å². The van der Waals surface area contributed by atoms with E-state index in [9.17, 15) is 10.1 Å². The van der Waals surface area contributed by atoms with Crippen LogP contribution >= 0.6 is 0 Å². The van der Waals surface area contributed by atoms with Gasteiger partial charge in [0.1, 0.15) is 0 Å². The van der Waals surface area contributed by atoms with Crippen molar-refractivity contribution in [3.8, 4) is 5.75 Å². The highest BCUT2D eigenvalue weighted by molar-refractivity contribution is 5.53. The van der Waals surface area contributed by atoms with Gasteiger partial charge >= 0.3 is 5.69 Å². The largest absolute Gasteiger partial charge is 0.490 e. The predicted octanol–water partition coefficient (Wildman–Crippen LogP) is 3.83. The van der Waals surface area contributed by atoms with Crippen molar-refractivity contribution in [1.82, 2.24) is 0 Å². The smallest absolute Gasteiger partial charge is 0.311 e. The first kappa shape index (κ1) is 14.8. The molecule has 2 aromatic rings. The molecule has 0 saturated carbocycles. The normalized spacial score (nSPS) is 10.2. The Morgan fingerprint density at radius 2 is 1.95 bits per heavy atom. The average Bonchev–Trinajstić information content (AvgIpc) is 2.46. The number of rotatable bonds is 5. The molecule has 0 atom stereocenters. The zero-order valence-corrected chi connectivity index (χ0v) is 12.3. The average molecular weight is 286 g/mol. The molecule has 110 valence electrons. The standard InChI is InChI=1S/C16H18N2O3/c1-11-4-6-14(12(2)8-11)17-10-13-5-7-16(21-3)15(9-13)18(19)20/h4-9,17H,10H2,1-3H3. The van der Waals surface area contributed by atoms with Crippen molar-refractivity contribution in [1.29, 1.82) is 0 Å². The monoisotopic (exact) mass is 286 g/mol. The van der Waals surface area contributed by atoms with Crippen molar-refractivity contribution >= 4 is 11.4 Å². The maximum absolute atomic E-state index is 11.0. The highest BCUT2D eigenvalue weighted by Crippen LogP contribution is 2.28. The van der Waals surface area contributed by atoms with E-state index in [1.807, 2.05) is 32.0 Å². The van der Waals surface area contributed by atoms with Crippen LogP contribution in [0.2, 0.25) is 0 Å². The Morgan fingerprint density at radius 1 is 1.19 bits per heavy atom. The molecule has 0 spiro atoms. The fourth-order valence-corrected chi connectivity index (χ4v) is 2.20.